The first-order chi connectivity index (χ1) is 15.5. The number of benzene rings is 2. The molecule has 1 amide bonds. The van der Waals surface area contributed by atoms with Crippen LogP contribution in [-0.4, -0.2) is 50.3 Å². The first kappa shape index (κ1) is 22.7. The van der Waals surface area contributed by atoms with E-state index < -0.39 is 0 Å². The number of hydrogen-bond donors (Lipinski definition) is 3. The molecule has 3 rings (SSSR count). The SMILES string of the molecule is COc1ccc(Nc2cc(C)nc(NCCNC(=O)c3cccc(OC)c3OC)n2)cc1. The topological polar surface area (TPSA) is 107 Å². The maximum Gasteiger partial charge on any atom is 0.255 e. The van der Waals surface area contributed by atoms with Crippen molar-refractivity contribution in [2.75, 3.05) is 45.1 Å². The summed E-state index contributed by atoms with van der Waals surface area (Å²) in [6.07, 6.45) is 0. The third kappa shape index (κ3) is 5.78. The van der Waals surface area contributed by atoms with Crippen LogP contribution in [0.2, 0.25) is 0 Å². The molecule has 9 nitrogen and oxygen atoms in total. The Balaban J connectivity index is 1.56. The van der Waals surface area contributed by atoms with E-state index in [-0.39, 0.29) is 5.91 Å². The Morgan fingerprint density at radius 3 is 2.41 bits per heavy atom. The monoisotopic (exact) mass is 437 g/mol. The molecule has 3 N–H and O–H groups in total. The van der Waals surface area contributed by atoms with Crippen molar-refractivity contribution in [1.29, 1.82) is 0 Å². The number of nitrogens with zero attached hydrogens (tertiary/aromatic N) is 2. The number of nitrogens with one attached hydrogen (secondary N) is 3. The van der Waals surface area contributed by atoms with Crippen LogP contribution in [0.4, 0.5) is 17.5 Å². The first-order valence-electron chi connectivity index (χ1n) is 10.0. The number of aryl methyl sites for hydroxylation is 1. The Bertz CT molecular complexity index is 1060. The van der Waals surface area contributed by atoms with E-state index in [1.165, 1.54) is 14.2 Å². The van der Waals surface area contributed by atoms with Gasteiger partial charge < -0.3 is 30.2 Å². The molecule has 0 saturated heterocycles. The Morgan fingerprint density at radius 1 is 0.938 bits per heavy atom. The Kier molecular flexibility index (Phi) is 7.69. The van der Waals surface area contributed by atoms with E-state index in [2.05, 4.69) is 25.9 Å². The van der Waals surface area contributed by atoms with Crippen LogP contribution in [0.25, 0.3) is 0 Å². The number of carbonyl (C=O) groups is 1. The van der Waals surface area contributed by atoms with Gasteiger partial charge in [-0.25, -0.2) is 4.98 Å². The summed E-state index contributed by atoms with van der Waals surface area (Å²) in [5, 5.41) is 9.24. The van der Waals surface area contributed by atoms with Gasteiger partial charge in [-0.2, -0.15) is 4.98 Å². The van der Waals surface area contributed by atoms with Gasteiger partial charge in [0.2, 0.25) is 5.95 Å². The number of aromatic nitrogens is 2. The zero-order valence-electron chi connectivity index (χ0n) is 18.6. The molecule has 0 saturated carbocycles. The van der Waals surface area contributed by atoms with Gasteiger partial charge >= 0.3 is 0 Å². The lowest BCUT2D eigenvalue weighted by molar-refractivity contribution is 0.0951. The smallest absolute Gasteiger partial charge is 0.255 e. The van der Waals surface area contributed by atoms with Crippen molar-refractivity contribution in [2.45, 2.75) is 6.92 Å². The van der Waals surface area contributed by atoms with Crippen LogP contribution in [0.15, 0.2) is 48.5 Å². The molecule has 0 bridgehead atoms. The normalized spacial score (nSPS) is 10.2. The molecule has 1 heterocycles. The third-order valence-electron chi connectivity index (χ3n) is 4.56. The van der Waals surface area contributed by atoms with Gasteiger partial charge in [0.25, 0.3) is 5.91 Å². The minimum absolute atomic E-state index is 0.255. The summed E-state index contributed by atoms with van der Waals surface area (Å²) in [5.74, 6) is 2.56. The van der Waals surface area contributed by atoms with Gasteiger partial charge in [0.1, 0.15) is 11.6 Å². The molecule has 0 unspecified atom stereocenters. The Labute approximate surface area is 187 Å². The number of rotatable bonds is 10. The largest absolute Gasteiger partial charge is 0.497 e. The van der Waals surface area contributed by atoms with Crippen LogP contribution in [0, 0.1) is 6.92 Å². The van der Waals surface area contributed by atoms with Gasteiger partial charge in [-0.1, -0.05) is 6.07 Å². The molecule has 2 aromatic carbocycles. The summed E-state index contributed by atoms with van der Waals surface area (Å²) in [5.41, 5.74) is 2.10. The number of hydrogen-bond acceptors (Lipinski definition) is 8. The number of ether oxygens (including phenoxy) is 3. The van der Waals surface area contributed by atoms with Crippen molar-refractivity contribution in [1.82, 2.24) is 15.3 Å². The first-order valence-corrected chi connectivity index (χ1v) is 10.0. The van der Waals surface area contributed by atoms with Crippen molar-refractivity contribution < 1.29 is 19.0 Å². The van der Waals surface area contributed by atoms with Gasteiger partial charge in [-0.15, -0.1) is 0 Å². The molecule has 0 aliphatic carbocycles. The Morgan fingerprint density at radius 2 is 1.72 bits per heavy atom. The fourth-order valence-corrected chi connectivity index (χ4v) is 3.05. The minimum atomic E-state index is -0.255. The van der Waals surface area contributed by atoms with Crippen LogP contribution in [0.1, 0.15) is 16.1 Å². The number of amides is 1. The maximum atomic E-state index is 12.5. The summed E-state index contributed by atoms with van der Waals surface area (Å²) in [6, 6.07) is 14.6. The molecule has 3 aromatic rings. The highest BCUT2D eigenvalue weighted by Crippen LogP contribution is 2.30. The average Bonchev–Trinajstić information content (AvgIpc) is 2.81. The van der Waals surface area contributed by atoms with E-state index in [1.807, 2.05) is 37.3 Å². The molecule has 0 aliphatic rings. The zero-order valence-corrected chi connectivity index (χ0v) is 18.6. The Hall–Kier alpha value is -4.01. The summed E-state index contributed by atoms with van der Waals surface area (Å²) >= 11 is 0. The van der Waals surface area contributed by atoms with E-state index in [9.17, 15) is 4.79 Å². The lowest BCUT2D eigenvalue weighted by Crippen LogP contribution is -2.29. The number of anilines is 3. The predicted octanol–water partition coefficient (Wildman–Crippen LogP) is 3.40. The molecule has 168 valence electrons. The molecular weight excluding hydrogens is 410 g/mol. The molecule has 0 fully saturated rings. The molecule has 0 spiro atoms. The summed E-state index contributed by atoms with van der Waals surface area (Å²) < 4.78 is 15.7. The molecule has 0 aliphatic heterocycles. The fraction of sp³-hybridized carbons (Fsp3) is 0.261. The number of methoxy groups -OCH3 is 3. The van der Waals surface area contributed by atoms with Gasteiger partial charge in [-0.05, 0) is 43.3 Å². The fourth-order valence-electron chi connectivity index (χ4n) is 3.05. The van der Waals surface area contributed by atoms with Crippen LogP contribution in [0.3, 0.4) is 0 Å². The highest BCUT2D eigenvalue weighted by Gasteiger charge is 2.15. The van der Waals surface area contributed by atoms with Crippen LogP contribution in [-0.2, 0) is 0 Å². The lowest BCUT2D eigenvalue weighted by Gasteiger charge is -2.13. The minimum Gasteiger partial charge on any atom is -0.497 e. The number of carbonyl (C=O) groups excluding carboxylic acids is 1. The third-order valence-corrected chi connectivity index (χ3v) is 4.56. The number of para-hydroxylation sites is 1. The highest BCUT2D eigenvalue weighted by molar-refractivity contribution is 5.97. The van der Waals surface area contributed by atoms with Crippen molar-refractivity contribution in [2.24, 2.45) is 0 Å². The summed E-state index contributed by atoms with van der Waals surface area (Å²) in [4.78, 5) is 21.4. The highest BCUT2D eigenvalue weighted by atomic mass is 16.5. The van der Waals surface area contributed by atoms with Crippen LogP contribution in [0.5, 0.6) is 17.2 Å². The second-order valence-corrected chi connectivity index (χ2v) is 6.80. The second-order valence-electron chi connectivity index (χ2n) is 6.80. The van der Waals surface area contributed by atoms with E-state index in [1.54, 1.807) is 25.3 Å². The predicted molar refractivity (Wildman–Crippen MR) is 123 cm³/mol. The molecule has 9 heteroatoms. The van der Waals surface area contributed by atoms with Gasteiger partial charge in [-0.3, -0.25) is 4.79 Å². The van der Waals surface area contributed by atoms with Gasteiger partial charge in [0.15, 0.2) is 11.5 Å². The molecule has 0 atom stereocenters. The summed E-state index contributed by atoms with van der Waals surface area (Å²) in [6.45, 7) is 2.71. The van der Waals surface area contributed by atoms with E-state index in [0.29, 0.717) is 41.9 Å². The second kappa shape index (κ2) is 10.9. The average molecular weight is 438 g/mol. The van der Waals surface area contributed by atoms with Crippen LogP contribution < -0.4 is 30.2 Å². The van der Waals surface area contributed by atoms with Crippen molar-refractivity contribution in [3.05, 3.63) is 59.8 Å². The van der Waals surface area contributed by atoms with Gasteiger partial charge in [0.05, 0.1) is 26.9 Å². The van der Waals surface area contributed by atoms with E-state index >= 15 is 0 Å². The molecule has 1 aromatic heterocycles. The zero-order chi connectivity index (χ0) is 22.9. The quantitative estimate of drug-likeness (QED) is 0.415. The van der Waals surface area contributed by atoms with Gasteiger partial charge in [0, 0.05) is 30.5 Å². The van der Waals surface area contributed by atoms with E-state index in [0.717, 1.165) is 17.1 Å². The van der Waals surface area contributed by atoms with Crippen LogP contribution >= 0.6 is 0 Å². The lowest BCUT2D eigenvalue weighted by atomic mass is 10.1. The van der Waals surface area contributed by atoms with Crippen molar-refractivity contribution in [3.8, 4) is 17.2 Å². The van der Waals surface area contributed by atoms with Crippen molar-refractivity contribution in [3.63, 3.8) is 0 Å². The van der Waals surface area contributed by atoms with Crippen molar-refractivity contribution >= 4 is 23.4 Å². The molecule has 32 heavy (non-hydrogen) atoms. The maximum absolute atomic E-state index is 12.5. The molecular formula is C23H27N5O4. The summed E-state index contributed by atoms with van der Waals surface area (Å²) in [7, 11) is 4.66. The van der Waals surface area contributed by atoms with E-state index in [4.69, 9.17) is 14.2 Å². The molecule has 0 radical (unpaired) electrons. The standard InChI is InChI=1S/C23H27N5O4/c1-15-14-20(27-16-8-10-17(30-2)11-9-16)28-23(26-15)25-13-12-24-22(29)18-6-5-7-19(31-3)21(18)32-4/h5-11,14H,12-13H2,1-4H3,(H,24,29)(H2,25,26,27,28).